The van der Waals surface area contributed by atoms with Crippen LogP contribution in [0, 0.1) is 5.92 Å². The average molecular weight is 249 g/mol. The van der Waals surface area contributed by atoms with Crippen molar-refractivity contribution in [1.29, 1.82) is 0 Å². The molecule has 18 heavy (non-hydrogen) atoms. The summed E-state index contributed by atoms with van der Waals surface area (Å²) in [5.74, 6) is 0.750. The Labute approximate surface area is 107 Å². The SMILES string of the molecule is COC(=O)c1cc(N)ccc1OCC1CCCC1. The van der Waals surface area contributed by atoms with Gasteiger partial charge >= 0.3 is 5.97 Å². The van der Waals surface area contributed by atoms with E-state index in [2.05, 4.69) is 0 Å². The van der Waals surface area contributed by atoms with E-state index in [0.29, 0.717) is 29.5 Å². The van der Waals surface area contributed by atoms with Crippen LogP contribution in [0.15, 0.2) is 18.2 Å². The molecule has 1 aliphatic carbocycles. The molecule has 0 aromatic heterocycles. The number of carbonyl (C=O) groups excluding carboxylic acids is 1. The lowest BCUT2D eigenvalue weighted by atomic mass is 10.1. The summed E-state index contributed by atoms with van der Waals surface area (Å²) >= 11 is 0. The molecule has 0 radical (unpaired) electrons. The lowest BCUT2D eigenvalue weighted by Gasteiger charge is -2.14. The van der Waals surface area contributed by atoms with Gasteiger partial charge in [-0.25, -0.2) is 4.79 Å². The maximum atomic E-state index is 11.6. The molecule has 1 aliphatic rings. The maximum Gasteiger partial charge on any atom is 0.341 e. The summed E-state index contributed by atoms with van der Waals surface area (Å²) in [6, 6.07) is 5.06. The Morgan fingerprint density at radius 1 is 1.39 bits per heavy atom. The molecule has 0 saturated heterocycles. The smallest absolute Gasteiger partial charge is 0.341 e. The van der Waals surface area contributed by atoms with Crippen molar-refractivity contribution in [2.45, 2.75) is 25.7 Å². The van der Waals surface area contributed by atoms with Crippen molar-refractivity contribution in [2.24, 2.45) is 5.92 Å². The number of nitrogens with two attached hydrogens (primary N) is 1. The van der Waals surface area contributed by atoms with Crippen LogP contribution in [0.4, 0.5) is 5.69 Å². The zero-order chi connectivity index (χ0) is 13.0. The number of methoxy groups -OCH3 is 1. The predicted molar refractivity (Wildman–Crippen MR) is 69.6 cm³/mol. The van der Waals surface area contributed by atoms with Crippen LogP contribution in [0.5, 0.6) is 5.75 Å². The molecule has 2 rings (SSSR count). The van der Waals surface area contributed by atoms with Crippen LogP contribution in [-0.4, -0.2) is 19.7 Å². The van der Waals surface area contributed by atoms with Crippen LogP contribution in [0.1, 0.15) is 36.0 Å². The minimum atomic E-state index is -0.413. The number of benzene rings is 1. The van der Waals surface area contributed by atoms with Gasteiger partial charge in [-0.1, -0.05) is 12.8 Å². The fraction of sp³-hybridized carbons (Fsp3) is 0.500. The van der Waals surface area contributed by atoms with E-state index in [1.807, 2.05) is 0 Å². The Kier molecular flexibility index (Phi) is 4.07. The number of carbonyl (C=O) groups is 1. The Balaban J connectivity index is 2.08. The van der Waals surface area contributed by atoms with Crippen molar-refractivity contribution in [1.82, 2.24) is 0 Å². The molecular weight excluding hydrogens is 230 g/mol. The normalized spacial score (nSPS) is 15.6. The van der Waals surface area contributed by atoms with Crippen LogP contribution in [0.25, 0.3) is 0 Å². The quantitative estimate of drug-likeness (QED) is 0.658. The fourth-order valence-corrected chi connectivity index (χ4v) is 2.33. The van der Waals surface area contributed by atoms with Gasteiger partial charge in [0.25, 0.3) is 0 Å². The van der Waals surface area contributed by atoms with E-state index in [1.54, 1.807) is 18.2 Å². The van der Waals surface area contributed by atoms with Crippen molar-refractivity contribution < 1.29 is 14.3 Å². The van der Waals surface area contributed by atoms with Crippen LogP contribution in [-0.2, 0) is 4.74 Å². The summed E-state index contributed by atoms with van der Waals surface area (Å²) in [4.78, 5) is 11.6. The van der Waals surface area contributed by atoms with E-state index in [-0.39, 0.29) is 0 Å². The molecule has 0 aliphatic heterocycles. The molecule has 0 spiro atoms. The Hall–Kier alpha value is -1.71. The number of rotatable bonds is 4. The van der Waals surface area contributed by atoms with Gasteiger partial charge < -0.3 is 15.2 Å². The minimum absolute atomic E-state index is 0.399. The van der Waals surface area contributed by atoms with Crippen LogP contribution in [0.3, 0.4) is 0 Å². The largest absolute Gasteiger partial charge is 0.492 e. The first-order valence-electron chi connectivity index (χ1n) is 6.31. The predicted octanol–water partition coefficient (Wildman–Crippen LogP) is 2.62. The lowest BCUT2D eigenvalue weighted by molar-refractivity contribution is 0.0595. The molecule has 4 heteroatoms. The molecule has 1 fully saturated rings. The van der Waals surface area contributed by atoms with Gasteiger partial charge in [0.15, 0.2) is 0 Å². The monoisotopic (exact) mass is 249 g/mol. The fourth-order valence-electron chi connectivity index (χ4n) is 2.33. The highest BCUT2D eigenvalue weighted by molar-refractivity contribution is 5.93. The van der Waals surface area contributed by atoms with Crippen LogP contribution >= 0.6 is 0 Å². The van der Waals surface area contributed by atoms with Crippen molar-refractivity contribution in [3.05, 3.63) is 23.8 Å². The first-order valence-corrected chi connectivity index (χ1v) is 6.31. The third-order valence-corrected chi connectivity index (χ3v) is 3.36. The van der Waals surface area contributed by atoms with E-state index < -0.39 is 5.97 Å². The van der Waals surface area contributed by atoms with E-state index >= 15 is 0 Å². The highest BCUT2D eigenvalue weighted by Crippen LogP contribution is 2.27. The summed E-state index contributed by atoms with van der Waals surface area (Å²) in [5, 5.41) is 0. The Morgan fingerprint density at radius 3 is 2.78 bits per heavy atom. The molecule has 0 heterocycles. The van der Waals surface area contributed by atoms with Gasteiger partial charge in [0.2, 0.25) is 0 Å². The molecule has 0 amide bonds. The van der Waals surface area contributed by atoms with Crippen molar-refractivity contribution in [3.63, 3.8) is 0 Å². The van der Waals surface area contributed by atoms with Gasteiger partial charge in [-0.05, 0) is 37.0 Å². The first kappa shape index (κ1) is 12.7. The molecule has 0 unspecified atom stereocenters. The van der Waals surface area contributed by atoms with E-state index in [4.69, 9.17) is 15.2 Å². The number of hydrogen-bond donors (Lipinski definition) is 1. The average Bonchev–Trinajstić information content (AvgIpc) is 2.89. The number of esters is 1. The highest BCUT2D eigenvalue weighted by Gasteiger charge is 2.18. The Morgan fingerprint density at radius 2 is 2.11 bits per heavy atom. The minimum Gasteiger partial charge on any atom is -0.492 e. The molecule has 1 aromatic carbocycles. The Bertz CT molecular complexity index is 425. The molecule has 0 bridgehead atoms. The second-order valence-corrected chi connectivity index (χ2v) is 4.71. The first-order chi connectivity index (χ1) is 8.70. The van der Waals surface area contributed by atoms with Gasteiger partial charge in [-0.2, -0.15) is 0 Å². The highest BCUT2D eigenvalue weighted by atomic mass is 16.5. The summed E-state index contributed by atoms with van der Waals surface area (Å²) in [6.45, 7) is 0.661. The molecule has 0 atom stereocenters. The van der Waals surface area contributed by atoms with E-state index in [0.717, 1.165) is 0 Å². The maximum absolute atomic E-state index is 11.6. The van der Waals surface area contributed by atoms with Gasteiger partial charge in [-0.15, -0.1) is 0 Å². The topological polar surface area (TPSA) is 61.5 Å². The second kappa shape index (κ2) is 5.76. The number of ether oxygens (including phenoxy) is 2. The number of nitrogen functional groups attached to an aromatic ring is 1. The summed E-state index contributed by atoms with van der Waals surface area (Å²) < 4.78 is 10.5. The molecular formula is C14H19NO3. The zero-order valence-corrected chi connectivity index (χ0v) is 10.6. The molecule has 4 nitrogen and oxygen atoms in total. The molecule has 2 N–H and O–H groups in total. The van der Waals surface area contributed by atoms with Crippen LogP contribution < -0.4 is 10.5 Å². The zero-order valence-electron chi connectivity index (χ0n) is 10.6. The summed E-state index contributed by atoms with van der Waals surface area (Å²) in [5.41, 5.74) is 6.60. The molecule has 1 aromatic rings. The van der Waals surface area contributed by atoms with E-state index in [9.17, 15) is 4.79 Å². The summed E-state index contributed by atoms with van der Waals surface area (Å²) in [7, 11) is 1.35. The van der Waals surface area contributed by atoms with Gasteiger partial charge in [0.1, 0.15) is 11.3 Å². The van der Waals surface area contributed by atoms with Gasteiger partial charge in [-0.3, -0.25) is 0 Å². The molecule has 1 saturated carbocycles. The van der Waals surface area contributed by atoms with Crippen molar-refractivity contribution in [2.75, 3.05) is 19.5 Å². The second-order valence-electron chi connectivity index (χ2n) is 4.71. The standard InChI is InChI=1S/C14H19NO3/c1-17-14(16)12-8-11(15)6-7-13(12)18-9-10-4-2-3-5-10/h6-8,10H,2-5,9,15H2,1H3. The molecule has 98 valence electrons. The lowest BCUT2D eigenvalue weighted by Crippen LogP contribution is -2.12. The van der Waals surface area contributed by atoms with Crippen molar-refractivity contribution in [3.8, 4) is 5.75 Å². The van der Waals surface area contributed by atoms with Crippen molar-refractivity contribution >= 4 is 11.7 Å². The summed E-state index contributed by atoms with van der Waals surface area (Å²) in [6.07, 6.45) is 4.98. The van der Waals surface area contributed by atoms with Crippen LogP contribution in [0.2, 0.25) is 0 Å². The van der Waals surface area contributed by atoms with Gasteiger partial charge in [0.05, 0.1) is 13.7 Å². The third-order valence-electron chi connectivity index (χ3n) is 3.36. The van der Waals surface area contributed by atoms with Gasteiger partial charge in [0, 0.05) is 5.69 Å². The third kappa shape index (κ3) is 2.94. The number of anilines is 1. The number of hydrogen-bond acceptors (Lipinski definition) is 4. The van der Waals surface area contributed by atoms with E-state index in [1.165, 1.54) is 32.8 Å².